The predicted molar refractivity (Wildman–Crippen MR) is 116 cm³/mol. The Hall–Kier alpha value is -1.54. The molecule has 4 unspecified atom stereocenters. The van der Waals surface area contributed by atoms with Crippen LogP contribution in [0.2, 0.25) is 0 Å². The molecule has 0 aromatic heterocycles. The van der Waals surface area contributed by atoms with Crippen molar-refractivity contribution in [1.82, 2.24) is 4.31 Å². The lowest BCUT2D eigenvalue weighted by molar-refractivity contribution is -0.128. The number of carbonyl (C=O) groups excluding carboxylic acids is 2. The number of amides is 1. The van der Waals surface area contributed by atoms with E-state index >= 15 is 0 Å². The van der Waals surface area contributed by atoms with Crippen LogP contribution in [0.5, 0.6) is 0 Å². The van der Waals surface area contributed by atoms with Crippen molar-refractivity contribution in [2.24, 2.45) is 16.7 Å². The van der Waals surface area contributed by atoms with Crippen molar-refractivity contribution in [3.63, 3.8) is 0 Å². The molecular weight excluding hydrogens is 422 g/mol. The lowest BCUT2D eigenvalue weighted by atomic mass is 9.69. The van der Waals surface area contributed by atoms with Crippen LogP contribution in [0.3, 0.4) is 0 Å². The summed E-state index contributed by atoms with van der Waals surface area (Å²) in [6, 6.07) is 6.73. The third kappa shape index (κ3) is 2.93. The van der Waals surface area contributed by atoms with E-state index < -0.39 is 21.2 Å². The smallest absolute Gasteiger partial charge is 0.338 e. The molecule has 1 saturated heterocycles. The Morgan fingerprint density at radius 3 is 2.63 bits per heavy atom. The Kier molecular flexibility index (Phi) is 5.25. The van der Waals surface area contributed by atoms with Gasteiger partial charge in [0.25, 0.3) is 0 Å². The Balaban J connectivity index is 1.65. The first-order valence-corrected chi connectivity index (χ1v) is 13.0. The molecule has 0 N–H and O–H groups in total. The number of sulfonamides is 1. The summed E-state index contributed by atoms with van der Waals surface area (Å²) in [7, 11) is -2.34. The maximum Gasteiger partial charge on any atom is 0.338 e. The third-order valence-corrected chi connectivity index (χ3v) is 11.2. The quantitative estimate of drug-likeness (QED) is 0.501. The zero-order valence-electron chi connectivity index (χ0n) is 17.9. The first kappa shape index (κ1) is 21.7. The summed E-state index contributed by atoms with van der Waals surface area (Å²) in [5.41, 5.74) is -0.0245. The highest BCUT2D eigenvalue weighted by Gasteiger charge is 2.72. The second-order valence-corrected chi connectivity index (χ2v) is 12.3. The number of methoxy groups -OCH3 is 1. The van der Waals surface area contributed by atoms with Crippen LogP contribution in [0, 0.1) is 16.7 Å². The second-order valence-electron chi connectivity index (χ2n) is 9.26. The van der Waals surface area contributed by atoms with Gasteiger partial charge in [-0.05, 0) is 49.1 Å². The standard InChI is InChI=1S/C22H29NO5S2/c1-5-16(29-17-9-7-6-8-15(17)20(25)28-4)19(24)23-18-12-14-10-11-22(18,21(14,2)3)13-30(23,26)27/h6-9,14,16,18H,5,10-13H2,1-4H3. The van der Waals surface area contributed by atoms with Crippen molar-refractivity contribution in [2.75, 3.05) is 12.9 Å². The molecule has 164 valence electrons. The molecule has 2 aliphatic carbocycles. The molecule has 1 spiro atoms. The molecule has 30 heavy (non-hydrogen) atoms. The van der Waals surface area contributed by atoms with Gasteiger partial charge in [0.1, 0.15) is 0 Å². The zero-order valence-corrected chi connectivity index (χ0v) is 19.5. The van der Waals surface area contributed by atoms with Crippen LogP contribution in [0.4, 0.5) is 0 Å². The Morgan fingerprint density at radius 1 is 1.30 bits per heavy atom. The molecule has 0 radical (unpaired) electrons. The van der Waals surface area contributed by atoms with Crippen molar-refractivity contribution in [2.45, 2.75) is 62.6 Å². The van der Waals surface area contributed by atoms with Gasteiger partial charge >= 0.3 is 5.97 Å². The number of benzene rings is 1. The molecule has 2 bridgehead atoms. The highest BCUT2D eigenvalue weighted by atomic mass is 32.2. The van der Waals surface area contributed by atoms with Gasteiger partial charge < -0.3 is 4.74 Å². The third-order valence-electron chi connectivity index (χ3n) is 7.84. The van der Waals surface area contributed by atoms with Crippen molar-refractivity contribution in [1.29, 1.82) is 0 Å². The number of hydrogen-bond acceptors (Lipinski definition) is 6. The van der Waals surface area contributed by atoms with E-state index in [1.165, 1.54) is 23.2 Å². The molecule has 1 amide bonds. The van der Waals surface area contributed by atoms with Gasteiger partial charge in [0.05, 0.1) is 29.7 Å². The average molecular weight is 452 g/mol. The minimum atomic E-state index is -3.66. The van der Waals surface area contributed by atoms with Gasteiger partial charge in [-0.15, -0.1) is 11.8 Å². The van der Waals surface area contributed by atoms with Gasteiger partial charge in [-0.3, -0.25) is 4.79 Å². The van der Waals surface area contributed by atoms with Crippen LogP contribution in [0.1, 0.15) is 56.8 Å². The highest BCUT2D eigenvalue weighted by Crippen LogP contribution is 2.70. The van der Waals surface area contributed by atoms with Crippen molar-refractivity contribution < 1.29 is 22.7 Å². The monoisotopic (exact) mass is 451 g/mol. The van der Waals surface area contributed by atoms with E-state index in [4.69, 9.17) is 4.74 Å². The van der Waals surface area contributed by atoms with Crippen molar-refractivity contribution >= 4 is 33.7 Å². The van der Waals surface area contributed by atoms with Gasteiger partial charge in [-0.25, -0.2) is 17.5 Å². The minimum Gasteiger partial charge on any atom is -0.465 e. The van der Waals surface area contributed by atoms with E-state index in [0.717, 1.165) is 19.3 Å². The van der Waals surface area contributed by atoms with Gasteiger partial charge in [-0.1, -0.05) is 32.9 Å². The van der Waals surface area contributed by atoms with Crippen LogP contribution in [-0.2, 0) is 19.6 Å². The average Bonchev–Trinajstić information content (AvgIpc) is 3.19. The first-order chi connectivity index (χ1) is 14.1. The van der Waals surface area contributed by atoms with E-state index in [0.29, 0.717) is 22.8 Å². The van der Waals surface area contributed by atoms with Gasteiger partial charge in [0.2, 0.25) is 15.9 Å². The van der Waals surface area contributed by atoms with Crippen LogP contribution < -0.4 is 0 Å². The van der Waals surface area contributed by atoms with Crippen LogP contribution in [0.25, 0.3) is 0 Å². The fraction of sp³-hybridized carbons (Fsp3) is 0.636. The van der Waals surface area contributed by atoms with E-state index in [-0.39, 0.29) is 28.5 Å². The van der Waals surface area contributed by atoms with Crippen molar-refractivity contribution in [3.05, 3.63) is 29.8 Å². The van der Waals surface area contributed by atoms with Gasteiger partial charge in [0.15, 0.2) is 0 Å². The molecule has 4 rings (SSSR count). The van der Waals surface area contributed by atoms with Crippen LogP contribution in [-0.4, -0.2) is 48.8 Å². The topological polar surface area (TPSA) is 80.8 Å². The number of carbonyl (C=O) groups is 2. The minimum absolute atomic E-state index is 0.0692. The SMILES string of the molecule is CCC(Sc1ccccc1C(=O)OC)C(=O)N1C2CC3CCC2(CS1(=O)=O)C3(C)C. The molecule has 1 aromatic rings. The number of nitrogens with zero attached hydrogens (tertiary/aromatic N) is 1. The number of hydrogen-bond donors (Lipinski definition) is 0. The Bertz CT molecular complexity index is 989. The molecular formula is C22H29NO5S2. The maximum absolute atomic E-state index is 13.6. The summed E-state index contributed by atoms with van der Waals surface area (Å²) < 4.78 is 32.5. The molecule has 1 aliphatic heterocycles. The lowest BCUT2D eigenvalue weighted by Crippen LogP contribution is -2.47. The van der Waals surface area contributed by atoms with Gasteiger partial charge in [-0.2, -0.15) is 0 Å². The number of ether oxygens (including phenoxy) is 1. The molecule has 3 aliphatic rings. The molecule has 3 fully saturated rings. The summed E-state index contributed by atoms with van der Waals surface area (Å²) in [4.78, 5) is 26.3. The van der Waals surface area contributed by atoms with Crippen LogP contribution >= 0.6 is 11.8 Å². The lowest BCUT2D eigenvalue weighted by Gasteiger charge is -2.37. The van der Waals surface area contributed by atoms with Crippen molar-refractivity contribution in [3.8, 4) is 0 Å². The van der Waals surface area contributed by atoms with Crippen LogP contribution in [0.15, 0.2) is 29.2 Å². The molecule has 4 atom stereocenters. The second kappa shape index (κ2) is 7.26. The number of esters is 1. The number of thioether (sulfide) groups is 1. The summed E-state index contributed by atoms with van der Waals surface area (Å²) in [6.45, 7) is 6.22. The first-order valence-electron chi connectivity index (χ1n) is 10.5. The largest absolute Gasteiger partial charge is 0.465 e. The Morgan fingerprint density at radius 2 is 2.00 bits per heavy atom. The molecule has 8 heteroatoms. The van der Waals surface area contributed by atoms with E-state index in [9.17, 15) is 18.0 Å². The molecule has 6 nitrogen and oxygen atoms in total. The number of rotatable bonds is 5. The summed E-state index contributed by atoms with van der Waals surface area (Å²) in [5, 5.41) is -0.581. The van der Waals surface area contributed by atoms with E-state index in [2.05, 4.69) is 13.8 Å². The predicted octanol–water partition coefficient (Wildman–Crippen LogP) is 3.71. The molecule has 1 heterocycles. The van der Waals surface area contributed by atoms with E-state index in [1.807, 2.05) is 6.92 Å². The highest BCUT2D eigenvalue weighted by molar-refractivity contribution is 8.00. The normalized spacial score (nSPS) is 31.4. The maximum atomic E-state index is 13.6. The Labute approximate surface area is 182 Å². The fourth-order valence-corrected chi connectivity index (χ4v) is 9.80. The zero-order chi connectivity index (χ0) is 21.9. The summed E-state index contributed by atoms with van der Waals surface area (Å²) >= 11 is 1.25. The number of fused-ring (bicyclic) bond motifs is 1. The summed E-state index contributed by atoms with van der Waals surface area (Å²) in [6.07, 6.45) is 3.14. The fourth-order valence-electron chi connectivity index (χ4n) is 6.03. The summed E-state index contributed by atoms with van der Waals surface area (Å²) in [5.74, 6) is -0.295. The van der Waals surface area contributed by atoms with Gasteiger partial charge in [0, 0.05) is 10.3 Å². The van der Waals surface area contributed by atoms with E-state index in [1.54, 1.807) is 24.3 Å². The molecule has 2 saturated carbocycles. The molecule has 1 aromatic carbocycles.